The van der Waals surface area contributed by atoms with Gasteiger partial charge in [0.1, 0.15) is 6.04 Å². The summed E-state index contributed by atoms with van der Waals surface area (Å²) >= 11 is 0. The number of amides is 1. The van der Waals surface area contributed by atoms with Crippen LogP contribution in [0.25, 0.3) is 0 Å². The van der Waals surface area contributed by atoms with Gasteiger partial charge in [0, 0.05) is 38.4 Å². The van der Waals surface area contributed by atoms with E-state index in [0.29, 0.717) is 0 Å². The largest absolute Gasteiger partial charge is 0.360 e. The zero-order valence-electron chi connectivity index (χ0n) is 12.8. The minimum Gasteiger partial charge on any atom is -0.360 e. The van der Waals surface area contributed by atoms with E-state index in [2.05, 4.69) is 41.4 Å². The first kappa shape index (κ1) is 14.4. The van der Waals surface area contributed by atoms with Gasteiger partial charge in [0.25, 0.3) is 0 Å². The molecule has 0 spiro atoms. The van der Waals surface area contributed by atoms with Crippen LogP contribution in [-0.4, -0.2) is 49.6 Å². The zero-order chi connectivity index (χ0) is 14.7. The maximum absolute atomic E-state index is 12.8. The lowest BCUT2D eigenvalue weighted by atomic mass is 10.1. The van der Waals surface area contributed by atoms with Crippen LogP contribution in [0.1, 0.15) is 25.3 Å². The fourth-order valence-electron chi connectivity index (χ4n) is 3.41. The highest BCUT2D eigenvalue weighted by Crippen LogP contribution is 2.28. The molecular weight excluding hydrogens is 262 g/mol. The summed E-state index contributed by atoms with van der Waals surface area (Å²) in [6, 6.07) is 8.49. The summed E-state index contributed by atoms with van der Waals surface area (Å²) in [5, 5.41) is 3.31. The van der Waals surface area contributed by atoms with Gasteiger partial charge in [-0.15, -0.1) is 0 Å². The molecule has 0 radical (unpaired) electrons. The Balaban J connectivity index is 1.80. The van der Waals surface area contributed by atoms with E-state index in [1.54, 1.807) is 0 Å². The van der Waals surface area contributed by atoms with Crippen molar-refractivity contribution in [1.29, 1.82) is 0 Å². The predicted molar refractivity (Wildman–Crippen MR) is 85.6 cm³/mol. The van der Waals surface area contributed by atoms with Crippen LogP contribution < -0.4 is 10.2 Å². The quantitative estimate of drug-likeness (QED) is 0.898. The molecule has 1 saturated heterocycles. The van der Waals surface area contributed by atoms with Gasteiger partial charge in [-0.25, -0.2) is 0 Å². The second-order valence-corrected chi connectivity index (χ2v) is 6.03. The highest BCUT2D eigenvalue weighted by atomic mass is 16.2. The van der Waals surface area contributed by atoms with E-state index in [-0.39, 0.29) is 11.9 Å². The lowest BCUT2D eigenvalue weighted by Crippen LogP contribution is -2.53. The van der Waals surface area contributed by atoms with E-state index in [1.165, 1.54) is 17.7 Å². The molecule has 1 amide bonds. The van der Waals surface area contributed by atoms with Crippen molar-refractivity contribution in [2.45, 2.75) is 32.2 Å². The molecule has 1 atom stereocenters. The van der Waals surface area contributed by atoms with Gasteiger partial charge >= 0.3 is 0 Å². The molecular formula is C17H25N3O. The van der Waals surface area contributed by atoms with Gasteiger partial charge in [0.15, 0.2) is 0 Å². The number of rotatable bonds is 2. The van der Waals surface area contributed by atoms with E-state index in [4.69, 9.17) is 0 Å². The Kier molecular flexibility index (Phi) is 4.44. The summed E-state index contributed by atoms with van der Waals surface area (Å²) in [6.45, 7) is 6.53. The Bertz CT molecular complexity index is 497. The van der Waals surface area contributed by atoms with Crippen LogP contribution >= 0.6 is 0 Å². The number of para-hydroxylation sites is 1. The van der Waals surface area contributed by atoms with Gasteiger partial charge in [-0.2, -0.15) is 0 Å². The first-order valence-corrected chi connectivity index (χ1v) is 8.11. The maximum atomic E-state index is 12.8. The molecule has 2 heterocycles. The lowest BCUT2D eigenvalue weighted by molar-refractivity contribution is -0.132. The van der Waals surface area contributed by atoms with Gasteiger partial charge in [-0.1, -0.05) is 18.2 Å². The van der Waals surface area contributed by atoms with Crippen molar-refractivity contribution >= 4 is 11.6 Å². The molecule has 4 nitrogen and oxygen atoms in total. The average molecular weight is 287 g/mol. The Morgan fingerprint density at radius 2 is 1.90 bits per heavy atom. The van der Waals surface area contributed by atoms with Crippen molar-refractivity contribution < 1.29 is 4.79 Å². The second-order valence-electron chi connectivity index (χ2n) is 6.03. The Hall–Kier alpha value is -1.55. The zero-order valence-corrected chi connectivity index (χ0v) is 12.8. The molecule has 1 fully saturated rings. The molecule has 1 unspecified atom stereocenters. The van der Waals surface area contributed by atoms with E-state index < -0.39 is 0 Å². The SMILES string of the molecule is CC(C(=O)N1CCNCC1)N1CCCCc2ccccc21. The number of hydrogen-bond acceptors (Lipinski definition) is 3. The van der Waals surface area contributed by atoms with Crippen molar-refractivity contribution in [3.63, 3.8) is 0 Å². The van der Waals surface area contributed by atoms with Crippen LogP contribution in [-0.2, 0) is 11.2 Å². The number of aryl methyl sites for hydroxylation is 1. The van der Waals surface area contributed by atoms with Gasteiger partial charge < -0.3 is 15.1 Å². The van der Waals surface area contributed by atoms with Crippen molar-refractivity contribution in [3.8, 4) is 0 Å². The molecule has 0 saturated carbocycles. The lowest BCUT2D eigenvalue weighted by Gasteiger charge is -2.36. The summed E-state index contributed by atoms with van der Waals surface area (Å²) in [5.41, 5.74) is 2.64. The number of nitrogens with one attached hydrogen (secondary N) is 1. The molecule has 0 bridgehead atoms. The smallest absolute Gasteiger partial charge is 0.245 e. The van der Waals surface area contributed by atoms with Gasteiger partial charge in [0.2, 0.25) is 5.91 Å². The number of piperazine rings is 1. The number of carbonyl (C=O) groups is 1. The van der Waals surface area contributed by atoms with E-state index in [9.17, 15) is 4.79 Å². The molecule has 2 aliphatic heterocycles. The number of carbonyl (C=O) groups excluding carboxylic acids is 1. The third kappa shape index (κ3) is 3.05. The van der Waals surface area contributed by atoms with Crippen molar-refractivity contribution in [2.24, 2.45) is 0 Å². The van der Waals surface area contributed by atoms with Crippen LogP contribution in [0.3, 0.4) is 0 Å². The Labute approximate surface area is 127 Å². The summed E-state index contributed by atoms with van der Waals surface area (Å²) in [5.74, 6) is 0.271. The molecule has 4 heteroatoms. The monoisotopic (exact) mass is 287 g/mol. The Morgan fingerprint density at radius 1 is 1.14 bits per heavy atom. The van der Waals surface area contributed by atoms with Crippen molar-refractivity contribution in [3.05, 3.63) is 29.8 Å². The standard InChI is InChI=1S/C17H25N3O/c1-14(17(21)19-12-9-18-10-13-19)20-11-5-4-7-15-6-2-3-8-16(15)20/h2-3,6,8,14,18H,4-5,7,9-13H2,1H3. The molecule has 1 aromatic carbocycles. The molecule has 2 aliphatic rings. The van der Waals surface area contributed by atoms with Crippen LogP contribution in [0.15, 0.2) is 24.3 Å². The van der Waals surface area contributed by atoms with Crippen LogP contribution in [0.2, 0.25) is 0 Å². The minimum atomic E-state index is -0.0673. The van der Waals surface area contributed by atoms with Crippen LogP contribution in [0.5, 0.6) is 0 Å². The number of hydrogen-bond donors (Lipinski definition) is 1. The highest BCUT2D eigenvalue weighted by molar-refractivity contribution is 5.85. The van der Waals surface area contributed by atoms with Gasteiger partial charge in [-0.3, -0.25) is 4.79 Å². The molecule has 1 aromatic rings. The normalized spacial score (nSPS) is 20.6. The molecule has 3 rings (SSSR count). The van der Waals surface area contributed by atoms with E-state index in [1.807, 2.05) is 4.90 Å². The second kappa shape index (κ2) is 6.48. The van der Waals surface area contributed by atoms with E-state index in [0.717, 1.165) is 45.6 Å². The average Bonchev–Trinajstić information content (AvgIpc) is 2.77. The molecule has 21 heavy (non-hydrogen) atoms. The van der Waals surface area contributed by atoms with Gasteiger partial charge in [-0.05, 0) is 37.8 Å². The highest BCUT2D eigenvalue weighted by Gasteiger charge is 2.28. The number of fused-ring (bicyclic) bond motifs is 1. The number of anilines is 1. The maximum Gasteiger partial charge on any atom is 0.245 e. The fourth-order valence-corrected chi connectivity index (χ4v) is 3.41. The molecule has 0 aliphatic carbocycles. The Morgan fingerprint density at radius 3 is 2.71 bits per heavy atom. The van der Waals surface area contributed by atoms with E-state index >= 15 is 0 Å². The summed E-state index contributed by atoms with van der Waals surface area (Å²) in [6.07, 6.45) is 3.50. The molecule has 0 aromatic heterocycles. The van der Waals surface area contributed by atoms with Crippen molar-refractivity contribution in [2.75, 3.05) is 37.6 Å². The fraction of sp³-hybridized carbons (Fsp3) is 0.588. The van der Waals surface area contributed by atoms with Gasteiger partial charge in [0.05, 0.1) is 0 Å². The minimum absolute atomic E-state index is 0.0673. The topological polar surface area (TPSA) is 35.6 Å². The van der Waals surface area contributed by atoms with Crippen LogP contribution in [0, 0.1) is 0 Å². The third-order valence-electron chi connectivity index (χ3n) is 4.65. The summed E-state index contributed by atoms with van der Waals surface area (Å²) in [4.78, 5) is 17.1. The number of benzene rings is 1. The first-order chi connectivity index (χ1) is 10.3. The predicted octanol–water partition coefficient (Wildman–Crippen LogP) is 1.65. The third-order valence-corrected chi connectivity index (χ3v) is 4.65. The number of nitrogens with zero attached hydrogens (tertiary/aromatic N) is 2. The molecule has 114 valence electrons. The van der Waals surface area contributed by atoms with Crippen LogP contribution in [0.4, 0.5) is 5.69 Å². The summed E-state index contributed by atoms with van der Waals surface area (Å²) < 4.78 is 0. The molecule has 1 N–H and O–H groups in total. The summed E-state index contributed by atoms with van der Waals surface area (Å²) in [7, 11) is 0. The van der Waals surface area contributed by atoms with Crippen molar-refractivity contribution in [1.82, 2.24) is 10.2 Å². The first-order valence-electron chi connectivity index (χ1n) is 8.11.